The first kappa shape index (κ1) is 14.0. The zero-order chi connectivity index (χ0) is 13.7. The summed E-state index contributed by atoms with van der Waals surface area (Å²) in [6.07, 6.45) is 5.00. The van der Waals surface area contributed by atoms with E-state index in [0.29, 0.717) is 13.1 Å². The third-order valence-electron chi connectivity index (χ3n) is 2.69. The third kappa shape index (κ3) is 3.23. The molecule has 1 N–H and O–H groups in total. The molecule has 6 heteroatoms. The number of piperazine rings is 1. The summed E-state index contributed by atoms with van der Waals surface area (Å²) < 4.78 is 0. The Labute approximate surface area is 106 Å². The molecule has 0 aromatic heterocycles. The van der Waals surface area contributed by atoms with Crippen LogP contribution in [0, 0.1) is 12.3 Å². The number of hydrogen-bond donors (Lipinski definition) is 1. The first-order valence-corrected chi connectivity index (χ1v) is 5.77. The number of hydrogen-bond acceptors (Lipinski definition) is 3. The van der Waals surface area contributed by atoms with E-state index in [1.165, 1.54) is 9.80 Å². The number of rotatable bonds is 4. The minimum atomic E-state index is -0.634. The van der Waals surface area contributed by atoms with Gasteiger partial charge in [0.1, 0.15) is 6.54 Å². The summed E-state index contributed by atoms with van der Waals surface area (Å²) in [5.41, 5.74) is 0. The van der Waals surface area contributed by atoms with Crippen LogP contribution in [-0.2, 0) is 14.4 Å². The fourth-order valence-corrected chi connectivity index (χ4v) is 1.71. The van der Waals surface area contributed by atoms with Crippen LogP contribution in [0.25, 0.3) is 0 Å². The molecule has 1 fully saturated rings. The highest BCUT2D eigenvalue weighted by Gasteiger charge is 2.34. The minimum Gasteiger partial charge on any atom is -0.344 e. The molecule has 0 aliphatic carbocycles. The van der Waals surface area contributed by atoms with E-state index in [1.807, 2.05) is 13.8 Å². The van der Waals surface area contributed by atoms with Gasteiger partial charge < -0.3 is 15.1 Å². The van der Waals surface area contributed by atoms with Crippen molar-refractivity contribution in [3.63, 3.8) is 0 Å². The van der Waals surface area contributed by atoms with Gasteiger partial charge in [0.15, 0.2) is 0 Å². The van der Waals surface area contributed by atoms with E-state index in [9.17, 15) is 14.4 Å². The van der Waals surface area contributed by atoms with Crippen LogP contribution in [0.15, 0.2) is 0 Å². The fourth-order valence-electron chi connectivity index (χ4n) is 1.71. The van der Waals surface area contributed by atoms with Crippen LogP contribution in [0.4, 0.5) is 0 Å². The van der Waals surface area contributed by atoms with Crippen LogP contribution >= 0.6 is 0 Å². The number of amides is 3. The summed E-state index contributed by atoms with van der Waals surface area (Å²) in [6, 6.07) is -0.0149. The topological polar surface area (TPSA) is 69.7 Å². The average molecular weight is 251 g/mol. The van der Waals surface area contributed by atoms with E-state index in [1.54, 1.807) is 0 Å². The molecule has 0 aromatic carbocycles. The molecule has 1 rings (SSSR count). The molecule has 3 amide bonds. The van der Waals surface area contributed by atoms with E-state index in [4.69, 9.17) is 6.42 Å². The van der Waals surface area contributed by atoms with Crippen molar-refractivity contribution in [3.05, 3.63) is 0 Å². The second kappa shape index (κ2) is 6.05. The first-order valence-electron chi connectivity index (χ1n) is 5.77. The van der Waals surface area contributed by atoms with Gasteiger partial charge in [0.25, 0.3) is 0 Å². The standard InChI is InChI=1S/C12H17N3O3/c1-4-5-13-10(16)8-14-6-7-15(9(2)3)12(18)11(14)17/h1,9H,5-8H2,2-3H3,(H,13,16). The summed E-state index contributed by atoms with van der Waals surface area (Å²) in [7, 11) is 0. The second-order valence-corrected chi connectivity index (χ2v) is 4.30. The van der Waals surface area contributed by atoms with Gasteiger partial charge in [-0.2, -0.15) is 0 Å². The van der Waals surface area contributed by atoms with Crippen LogP contribution in [0.5, 0.6) is 0 Å². The van der Waals surface area contributed by atoms with Crippen molar-refractivity contribution in [3.8, 4) is 12.3 Å². The van der Waals surface area contributed by atoms with E-state index >= 15 is 0 Å². The van der Waals surface area contributed by atoms with Crippen LogP contribution in [0.3, 0.4) is 0 Å². The molecule has 0 bridgehead atoms. The lowest BCUT2D eigenvalue weighted by Gasteiger charge is -2.35. The average Bonchev–Trinajstić information content (AvgIpc) is 2.32. The number of nitrogens with one attached hydrogen (secondary N) is 1. The van der Waals surface area contributed by atoms with Gasteiger partial charge in [0, 0.05) is 19.1 Å². The van der Waals surface area contributed by atoms with E-state index in [-0.39, 0.29) is 25.0 Å². The maximum Gasteiger partial charge on any atom is 0.312 e. The quantitative estimate of drug-likeness (QED) is 0.505. The fraction of sp³-hybridized carbons (Fsp3) is 0.583. The smallest absolute Gasteiger partial charge is 0.312 e. The Bertz CT molecular complexity index is 398. The van der Waals surface area contributed by atoms with Crippen molar-refractivity contribution in [2.45, 2.75) is 19.9 Å². The van der Waals surface area contributed by atoms with Crippen molar-refractivity contribution in [1.82, 2.24) is 15.1 Å². The molecule has 6 nitrogen and oxygen atoms in total. The van der Waals surface area contributed by atoms with Gasteiger partial charge in [-0.1, -0.05) is 5.92 Å². The molecule has 1 aliphatic rings. The molecule has 0 unspecified atom stereocenters. The molecule has 0 radical (unpaired) electrons. The van der Waals surface area contributed by atoms with Crippen LogP contribution in [0.1, 0.15) is 13.8 Å². The lowest BCUT2D eigenvalue weighted by atomic mass is 10.2. The van der Waals surface area contributed by atoms with Gasteiger partial charge in [-0.25, -0.2) is 0 Å². The van der Waals surface area contributed by atoms with Crippen molar-refractivity contribution < 1.29 is 14.4 Å². The zero-order valence-electron chi connectivity index (χ0n) is 10.6. The summed E-state index contributed by atoms with van der Waals surface area (Å²) in [5, 5.41) is 2.46. The van der Waals surface area contributed by atoms with Gasteiger partial charge in [-0.3, -0.25) is 14.4 Å². The summed E-state index contributed by atoms with van der Waals surface area (Å²) in [6.45, 7) is 4.50. The monoisotopic (exact) mass is 251 g/mol. The van der Waals surface area contributed by atoms with Crippen LogP contribution in [-0.4, -0.2) is 59.7 Å². The number of terminal acetylenes is 1. The minimum absolute atomic E-state index is 0.0149. The zero-order valence-corrected chi connectivity index (χ0v) is 10.6. The van der Waals surface area contributed by atoms with Crippen molar-refractivity contribution in [1.29, 1.82) is 0 Å². The maximum absolute atomic E-state index is 11.8. The van der Waals surface area contributed by atoms with Gasteiger partial charge >= 0.3 is 11.8 Å². The van der Waals surface area contributed by atoms with Crippen molar-refractivity contribution >= 4 is 17.7 Å². The number of carbonyl (C=O) groups is 3. The Morgan fingerprint density at radius 2 is 2.06 bits per heavy atom. The predicted molar refractivity (Wildman–Crippen MR) is 65.3 cm³/mol. The van der Waals surface area contributed by atoms with Gasteiger partial charge in [-0.05, 0) is 13.8 Å². The largest absolute Gasteiger partial charge is 0.344 e. The molecule has 1 saturated heterocycles. The molecule has 0 aromatic rings. The summed E-state index contributed by atoms with van der Waals surface area (Å²) >= 11 is 0. The molecule has 1 heterocycles. The normalized spacial score (nSPS) is 15.9. The van der Waals surface area contributed by atoms with Gasteiger partial charge in [-0.15, -0.1) is 6.42 Å². The maximum atomic E-state index is 11.8. The molecule has 0 spiro atoms. The molecule has 18 heavy (non-hydrogen) atoms. The van der Waals surface area contributed by atoms with Crippen LogP contribution < -0.4 is 5.32 Å². The highest BCUT2D eigenvalue weighted by atomic mass is 16.2. The third-order valence-corrected chi connectivity index (χ3v) is 2.69. The molecule has 0 saturated carbocycles. The molecular weight excluding hydrogens is 234 g/mol. The van der Waals surface area contributed by atoms with Crippen molar-refractivity contribution in [2.24, 2.45) is 0 Å². The summed E-state index contributed by atoms with van der Waals surface area (Å²) in [5.74, 6) is 0.725. The van der Waals surface area contributed by atoms with E-state index < -0.39 is 11.8 Å². The van der Waals surface area contributed by atoms with E-state index in [0.717, 1.165) is 0 Å². The van der Waals surface area contributed by atoms with E-state index in [2.05, 4.69) is 11.2 Å². The van der Waals surface area contributed by atoms with Gasteiger partial charge in [0.2, 0.25) is 5.91 Å². The number of carbonyl (C=O) groups excluding carboxylic acids is 3. The van der Waals surface area contributed by atoms with Crippen LogP contribution in [0.2, 0.25) is 0 Å². The highest BCUT2D eigenvalue weighted by molar-refractivity contribution is 6.35. The first-order chi connectivity index (χ1) is 8.47. The van der Waals surface area contributed by atoms with Gasteiger partial charge in [0.05, 0.1) is 6.54 Å². The van der Waals surface area contributed by atoms with Crippen molar-refractivity contribution in [2.75, 3.05) is 26.2 Å². The summed E-state index contributed by atoms with van der Waals surface area (Å²) in [4.78, 5) is 37.7. The predicted octanol–water partition coefficient (Wildman–Crippen LogP) is -1.18. The Morgan fingerprint density at radius 1 is 1.39 bits per heavy atom. The lowest BCUT2D eigenvalue weighted by Crippen LogP contribution is -2.57. The molecule has 98 valence electrons. The number of nitrogens with zero attached hydrogens (tertiary/aromatic N) is 2. The SMILES string of the molecule is C#CCNC(=O)CN1CCN(C(C)C)C(=O)C1=O. The Hall–Kier alpha value is -2.03. The second-order valence-electron chi connectivity index (χ2n) is 4.30. The highest BCUT2D eigenvalue weighted by Crippen LogP contribution is 2.08. The molecule has 0 atom stereocenters. The lowest BCUT2D eigenvalue weighted by molar-refractivity contribution is -0.158. The Morgan fingerprint density at radius 3 is 2.61 bits per heavy atom. The Balaban J connectivity index is 2.56. The molecular formula is C12H17N3O3. The Kier molecular flexibility index (Phi) is 4.72. The molecule has 1 aliphatic heterocycles.